The van der Waals surface area contributed by atoms with Crippen molar-refractivity contribution >= 4 is 29.5 Å². The summed E-state index contributed by atoms with van der Waals surface area (Å²) < 4.78 is 0. The van der Waals surface area contributed by atoms with Crippen molar-refractivity contribution < 1.29 is 40.0 Å². The highest BCUT2D eigenvalue weighted by Crippen LogP contribution is 2.34. The van der Waals surface area contributed by atoms with Crippen LogP contribution in [0.4, 0.5) is 5.69 Å². The van der Waals surface area contributed by atoms with Crippen LogP contribution in [0.3, 0.4) is 0 Å². The van der Waals surface area contributed by atoms with Crippen molar-refractivity contribution in [3.63, 3.8) is 0 Å². The van der Waals surface area contributed by atoms with Crippen LogP contribution in [0.25, 0.3) is 0 Å². The SMILES string of the molecule is CCC(=O)N(c1ccccc1)C1(C(=O)O)CCN(CCc2ccccc2)CC1.O.O=C(O)C(=O)O.[CH2]C. The van der Waals surface area contributed by atoms with Gasteiger partial charge in [-0.25, -0.2) is 14.4 Å². The second-order valence-corrected chi connectivity index (χ2v) is 7.94. The van der Waals surface area contributed by atoms with Crippen molar-refractivity contribution in [1.82, 2.24) is 4.90 Å². The summed E-state index contributed by atoms with van der Waals surface area (Å²) in [5.41, 5.74) is 0.761. The second kappa shape index (κ2) is 16.8. The summed E-state index contributed by atoms with van der Waals surface area (Å²) in [6.45, 7) is 9.01. The first-order valence-corrected chi connectivity index (χ1v) is 11.8. The highest BCUT2D eigenvalue weighted by Gasteiger charge is 2.48. The van der Waals surface area contributed by atoms with E-state index in [0.29, 0.717) is 31.6 Å². The Morgan fingerprint density at radius 3 is 1.73 bits per heavy atom. The summed E-state index contributed by atoms with van der Waals surface area (Å²) in [5, 5.41) is 24.9. The maximum absolute atomic E-state index is 12.8. The molecule has 1 aliphatic heterocycles. The number of amides is 1. The molecule has 37 heavy (non-hydrogen) atoms. The summed E-state index contributed by atoms with van der Waals surface area (Å²) in [4.78, 5) is 47.2. The monoisotopic (exact) mass is 517 g/mol. The van der Waals surface area contributed by atoms with E-state index in [-0.39, 0.29) is 17.8 Å². The number of hydrogen-bond acceptors (Lipinski definition) is 5. The third-order valence-corrected chi connectivity index (χ3v) is 5.82. The number of benzene rings is 2. The lowest BCUT2D eigenvalue weighted by Crippen LogP contribution is -2.62. The summed E-state index contributed by atoms with van der Waals surface area (Å²) in [5.74, 6) is -4.71. The first-order valence-electron chi connectivity index (χ1n) is 11.8. The Labute approximate surface area is 217 Å². The van der Waals surface area contributed by atoms with Gasteiger partial charge >= 0.3 is 17.9 Å². The summed E-state index contributed by atoms with van der Waals surface area (Å²) in [7, 11) is 0. The van der Waals surface area contributed by atoms with Gasteiger partial charge in [-0.15, -0.1) is 0 Å². The summed E-state index contributed by atoms with van der Waals surface area (Å²) >= 11 is 0. The van der Waals surface area contributed by atoms with E-state index in [1.807, 2.05) is 48.5 Å². The molecule has 10 nitrogen and oxygen atoms in total. The number of carbonyl (C=O) groups is 4. The topological polar surface area (TPSA) is 167 Å². The molecule has 3 rings (SSSR count). The van der Waals surface area contributed by atoms with Crippen LogP contribution in [-0.2, 0) is 25.6 Å². The van der Waals surface area contributed by atoms with Gasteiger partial charge in [0.2, 0.25) is 5.91 Å². The normalized spacial score (nSPS) is 13.8. The van der Waals surface area contributed by atoms with Crippen LogP contribution in [0.2, 0.25) is 0 Å². The van der Waals surface area contributed by atoms with Crippen LogP contribution in [-0.4, -0.2) is 74.7 Å². The van der Waals surface area contributed by atoms with Gasteiger partial charge < -0.3 is 25.7 Å². The molecule has 1 heterocycles. The van der Waals surface area contributed by atoms with Crippen molar-refractivity contribution in [2.75, 3.05) is 24.5 Å². The molecule has 0 spiro atoms. The van der Waals surface area contributed by atoms with Crippen molar-refractivity contribution in [1.29, 1.82) is 0 Å². The minimum Gasteiger partial charge on any atom is -0.479 e. The molecule has 0 aliphatic carbocycles. The van der Waals surface area contributed by atoms with Crippen molar-refractivity contribution in [3.8, 4) is 0 Å². The minimum atomic E-state index is -1.82. The maximum Gasteiger partial charge on any atom is 0.414 e. The van der Waals surface area contributed by atoms with Crippen molar-refractivity contribution in [2.24, 2.45) is 0 Å². The molecule has 1 saturated heterocycles. The smallest absolute Gasteiger partial charge is 0.414 e. The number of rotatable bonds is 7. The van der Waals surface area contributed by atoms with E-state index in [9.17, 15) is 14.7 Å². The van der Waals surface area contributed by atoms with Gasteiger partial charge in [-0.05, 0) is 37.0 Å². The molecule has 0 unspecified atom stereocenters. The van der Waals surface area contributed by atoms with E-state index in [2.05, 4.69) is 24.0 Å². The van der Waals surface area contributed by atoms with Gasteiger partial charge in [0.25, 0.3) is 0 Å². The molecule has 0 aromatic heterocycles. The number of piperidine rings is 1. The molecule has 2 aromatic carbocycles. The van der Waals surface area contributed by atoms with E-state index >= 15 is 0 Å². The lowest BCUT2D eigenvalue weighted by molar-refractivity contribution is -0.159. The lowest BCUT2D eigenvalue weighted by atomic mass is 9.84. The number of nitrogens with zero attached hydrogens (tertiary/aromatic N) is 2. The average molecular weight is 518 g/mol. The molecule has 1 fully saturated rings. The van der Waals surface area contributed by atoms with Crippen LogP contribution < -0.4 is 4.90 Å². The minimum absolute atomic E-state index is 0. The van der Waals surface area contributed by atoms with E-state index in [0.717, 1.165) is 13.0 Å². The first kappa shape index (κ1) is 33.2. The van der Waals surface area contributed by atoms with Gasteiger partial charge in [-0.3, -0.25) is 9.69 Å². The fourth-order valence-corrected chi connectivity index (χ4v) is 3.98. The molecule has 0 bridgehead atoms. The predicted molar refractivity (Wildman–Crippen MR) is 140 cm³/mol. The third-order valence-electron chi connectivity index (χ3n) is 5.82. The Balaban J connectivity index is 0.00000127. The number of aliphatic carboxylic acids is 3. The highest BCUT2D eigenvalue weighted by atomic mass is 16.4. The molecule has 203 valence electrons. The zero-order valence-electron chi connectivity index (χ0n) is 21.3. The Kier molecular flexibility index (Phi) is 15.1. The number of carboxylic acids is 3. The molecular formula is C27H37N2O8. The van der Waals surface area contributed by atoms with Crippen LogP contribution in [0.15, 0.2) is 60.7 Å². The standard InChI is InChI=1S/C23H28N2O3.C2H2O4.C2H5.H2O/c1-2-21(26)25(20-11-7-4-8-12-20)23(22(27)28)14-17-24(18-15-23)16-13-19-9-5-3-6-10-19;3-1(4)2(5)6;1-2;/h3-12H,2,13-18H2,1H3,(H,27,28);(H,3,4)(H,5,6);1H2,2H3;1H2. The Hall–Kier alpha value is -3.76. The molecular weight excluding hydrogens is 480 g/mol. The van der Waals surface area contributed by atoms with Crippen molar-refractivity contribution in [3.05, 3.63) is 73.2 Å². The Morgan fingerprint density at radius 1 is 0.865 bits per heavy atom. The predicted octanol–water partition coefficient (Wildman–Crippen LogP) is 2.76. The van der Waals surface area contributed by atoms with Crippen LogP contribution in [0, 0.1) is 6.92 Å². The molecule has 10 heteroatoms. The number of carbonyl (C=O) groups excluding carboxylic acids is 1. The number of para-hydroxylation sites is 1. The Bertz CT molecular complexity index is 962. The summed E-state index contributed by atoms with van der Waals surface area (Å²) in [6, 6.07) is 19.5. The van der Waals surface area contributed by atoms with Crippen LogP contribution in [0.1, 0.15) is 38.7 Å². The summed E-state index contributed by atoms with van der Waals surface area (Å²) in [6.07, 6.45) is 2.08. The van der Waals surface area contributed by atoms with Gasteiger partial charge in [0.05, 0.1) is 0 Å². The first-order chi connectivity index (χ1) is 17.2. The average Bonchev–Trinajstić information content (AvgIpc) is 2.90. The molecule has 1 aliphatic rings. The molecule has 2 aromatic rings. The number of likely N-dealkylation sites (tertiary alicyclic amines) is 1. The van der Waals surface area contributed by atoms with Crippen LogP contribution >= 0.6 is 0 Å². The lowest BCUT2D eigenvalue weighted by Gasteiger charge is -2.46. The van der Waals surface area contributed by atoms with Crippen LogP contribution in [0.5, 0.6) is 0 Å². The van der Waals surface area contributed by atoms with Gasteiger partial charge in [0.15, 0.2) is 0 Å². The molecule has 1 amide bonds. The van der Waals surface area contributed by atoms with Gasteiger partial charge in [-0.1, -0.05) is 69.3 Å². The fraction of sp³-hybridized carbons (Fsp3) is 0.370. The Morgan fingerprint density at radius 2 is 1.32 bits per heavy atom. The molecule has 1 radical (unpaired) electrons. The largest absolute Gasteiger partial charge is 0.479 e. The van der Waals surface area contributed by atoms with Crippen molar-refractivity contribution in [2.45, 2.75) is 45.1 Å². The van der Waals surface area contributed by atoms with E-state index in [1.165, 1.54) is 10.5 Å². The maximum atomic E-state index is 12.8. The zero-order chi connectivity index (χ0) is 27.1. The van der Waals surface area contributed by atoms with Gasteiger partial charge in [0, 0.05) is 31.7 Å². The number of anilines is 1. The molecule has 5 N–H and O–H groups in total. The highest BCUT2D eigenvalue weighted by molar-refractivity contribution is 6.27. The number of carboxylic acid groups (broad SMARTS) is 3. The van der Waals surface area contributed by atoms with E-state index in [4.69, 9.17) is 19.8 Å². The fourth-order valence-electron chi connectivity index (χ4n) is 3.98. The quantitative estimate of drug-likeness (QED) is 0.471. The third kappa shape index (κ3) is 9.66. The van der Waals surface area contributed by atoms with Gasteiger partial charge in [-0.2, -0.15) is 0 Å². The second-order valence-electron chi connectivity index (χ2n) is 7.94. The van der Waals surface area contributed by atoms with E-state index in [1.54, 1.807) is 13.8 Å². The molecule has 0 saturated carbocycles. The van der Waals surface area contributed by atoms with E-state index < -0.39 is 23.4 Å². The zero-order valence-corrected chi connectivity index (χ0v) is 21.3. The molecule has 0 atom stereocenters. The number of hydrogen-bond donors (Lipinski definition) is 3. The van der Waals surface area contributed by atoms with Gasteiger partial charge in [0.1, 0.15) is 5.54 Å².